The molecule has 0 bridgehead atoms. The summed E-state index contributed by atoms with van der Waals surface area (Å²) >= 11 is 5.76. The van der Waals surface area contributed by atoms with Crippen LogP contribution >= 0.6 is 11.6 Å². The molecule has 0 saturated heterocycles. The zero-order valence-corrected chi connectivity index (χ0v) is 19.4. The van der Waals surface area contributed by atoms with E-state index in [1.807, 2.05) is 13.8 Å². The SMILES string of the molecule is CCOc1ccc(-n2ccn3c(C[C@@H](C)CC(=O)Nc4ccc(F)c(Cl)c4)nnc3c2=O)cc1. The number of nitrogens with one attached hydrogen (secondary N) is 1. The van der Waals surface area contributed by atoms with E-state index in [2.05, 4.69) is 15.5 Å². The van der Waals surface area contributed by atoms with E-state index in [9.17, 15) is 14.0 Å². The number of halogens is 2. The normalized spacial score (nSPS) is 12.0. The molecule has 0 aliphatic heterocycles. The van der Waals surface area contributed by atoms with E-state index in [0.29, 0.717) is 30.2 Å². The predicted molar refractivity (Wildman–Crippen MR) is 127 cm³/mol. The smallest absolute Gasteiger partial charge is 0.300 e. The van der Waals surface area contributed by atoms with Crippen LogP contribution in [0.5, 0.6) is 5.75 Å². The maximum atomic E-state index is 13.3. The van der Waals surface area contributed by atoms with E-state index in [0.717, 1.165) is 5.75 Å². The first kappa shape index (κ1) is 23.4. The Morgan fingerprint density at radius 2 is 1.94 bits per heavy atom. The second-order valence-corrected chi connectivity index (χ2v) is 8.31. The number of carbonyl (C=O) groups excluding carboxylic acids is 1. The minimum absolute atomic E-state index is 0.0586. The third kappa shape index (κ3) is 5.09. The average Bonchev–Trinajstić information content (AvgIpc) is 3.21. The molecule has 0 aliphatic carbocycles. The molecule has 1 atom stereocenters. The van der Waals surface area contributed by atoms with Crippen LogP contribution < -0.4 is 15.6 Å². The summed E-state index contributed by atoms with van der Waals surface area (Å²) < 4.78 is 21.9. The first-order valence-corrected chi connectivity index (χ1v) is 11.2. The second kappa shape index (κ2) is 10.0. The highest BCUT2D eigenvalue weighted by Gasteiger charge is 2.17. The summed E-state index contributed by atoms with van der Waals surface area (Å²) in [6, 6.07) is 11.2. The molecule has 34 heavy (non-hydrogen) atoms. The molecule has 1 amide bonds. The molecule has 2 aromatic heterocycles. The Labute approximate surface area is 200 Å². The number of anilines is 1. The lowest BCUT2D eigenvalue weighted by Gasteiger charge is -2.12. The minimum Gasteiger partial charge on any atom is -0.494 e. The van der Waals surface area contributed by atoms with Gasteiger partial charge in [-0.15, -0.1) is 10.2 Å². The molecule has 0 saturated carbocycles. The summed E-state index contributed by atoms with van der Waals surface area (Å²) in [7, 11) is 0. The molecule has 0 unspecified atom stereocenters. The Morgan fingerprint density at radius 3 is 2.65 bits per heavy atom. The maximum Gasteiger partial charge on any atom is 0.300 e. The van der Waals surface area contributed by atoms with Crippen molar-refractivity contribution in [3.8, 4) is 11.4 Å². The first-order chi connectivity index (χ1) is 16.4. The highest BCUT2D eigenvalue weighted by Crippen LogP contribution is 2.20. The topological polar surface area (TPSA) is 90.5 Å². The Bertz CT molecular complexity index is 1380. The molecule has 4 rings (SSSR count). The molecular weight excluding hydrogens is 461 g/mol. The molecule has 1 N–H and O–H groups in total. The summed E-state index contributed by atoms with van der Waals surface area (Å²) in [5.41, 5.74) is 1.01. The molecule has 2 aromatic carbocycles. The zero-order valence-electron chi connectivity index (χ0n) is 18.7. The fraction of sp³-hybridized carbons (Fsp3) is 0.250. The van der Waals surface area contributed by atoms with Crippen LogP contribution in [0.1, 0.15) is 26.1 Å². The number of fused-ring (bicyclic) bond motifs is 1. The van der Waals surface area contributed by atoms with Gasteiger partial charge in [0.05, 0.1) is 11.6 Å². The molecular formula is C24H23ClFN5O3. The summed E-state index contributed by atoms with van der Waals surface area (Å²) in [4.78, 5) is 25.4. The number of ether oxygens (including phenoxy) is 1. The van der Waals surface area contributed by atoms with E-state index in [4.69, 9.17) is 16.3 Å². The summed E-state index contributed by atoms with van der Waals surface area (Å²) in [6.45, 7) is 4.37. The first-order valence-electron chi connectivity index (χ1n) is 10.8. The third-order valence-corrected chi connectivity index (χ3v) is 5.53. The fourth-order valence-electron chi connectivity index (χ4n) is 3.63. The van der Waals surface area contributed by atoms with Crippen molar-refractivity contribution in [3.05, 3.63) is 81.9 Å². The summed E-state index contributed by atoms with van der Waals surface area (Å²) in [5, 5.41) is 10.9. The predicted octanol–water partition coefficient (Wildman–Crippen LogP) is 4.28. The zero-order chi connectivity index (χ0) is 24.2. The lowest BCUT2D eigenvalue weighted by atomic mass is 10.0. The standard InChI is InChI=1S/C24H23ClFN5O3/c1-3-34-18-7-5-17(6-8-18)30-10-11-31-21(28-29-23(31)24(30)33)12-15(2)13-22(32)27-16-4-9-20(26)19(25)14-16/h4-11,14-15H,3,12-13H2,1-2H3,(H,27,32)/t15-/m1/s1. The quantitative estimate of drug-likeness (QED) is 0.404. The van der Waals surface area contributed by atoms with Crippen LogP contribution in [0.2, 0.25) is 5.02 Å². The van der Waals surface area contributed by atoms with Gasteiger partial charge in [0.15, 0.2) is 0 Å². The fourth-order valence-corrected chi connectivity index (χ4v) is 3.81. The van der Waals surface area contributed by atoms with Crippen LogP contribution in [0.25, 0.3) is 11.3 Å². The second-order valence-electron chi connectivity index (χ2n) is 7.90. The molecule has 10 heteroatoms. The van der Waals surface area contributed by atoms with Crippen LogP contribution in [-0.2, 0) is 11.2 Å². The van der Waals surface area contributed by atoms with E-state index >= 15 is 0 Å². The van der Waals surface area contributed by atoms with Crippen molar-refractivity contribution in [2.75, 3.05) is 11.9 Å². The Hall–Kier alpha value is -3.72. The van der Waals surface area contributed by atoms with Gasteiger partial charge in [0, 0.05) is 36.6 Å². The van der Waals surface area contributed by atoms with Gasteiger partial charge in [-0.3, -0.25) is 18.6 Å². The van der Waals surface area contributed by atoms with Gasteiger partial charge >= 0.3 is 5.56 Å². The van der Waals surface area contributed by atoms with Crippen molar-refractivity contribution in [2.45, 2.75) is 26.7 Å². The Balaban J connectivity index is 1.46. The largest absolute Gasteiger partial charge is 0.494 e. The molecule has 0 radical (unpaired) electrons. The number of amides is 1. The van der Waals surface area contributed by atoms with E-state index in [1.165, 1.54) is 22.8 Å². The van der Waals surface area contributed by atoms with E-state index in [-0.39, 0.29) is 34.5 Å². The van der Waals surface area contributed by atoms with Crippen molar-refractivity contribution in [2.24, 2.45) is 5.92 Å². The Kier molecular flexibility index (Phi) is 6.93. The lowest BCUT2D eigenvalue weighted by Crippen LogP contribution is -2.21. The van der Waals surface area contributed by atoms with Crippen LogP contribution in [0.4, 0.5) is 10.1 Å². The number of nitrogens with zero attached hydrogens (tertiary/aromatic N) is 4. The molecule has 0 fully saturated rings. The van der Waals surface area contributed by atoms with E-state index in [1.54, 1.807) is 41.1 Å². The molecule has 0 aliphatic rings. The van der Waals surface area contributed by atoms with Crippen LogP contribution in [0, 0.1) is 11.7 Å². The van der Waals surface area contributed by atoms with E-state index < -0.39 is 5.82 Å². The lowest BCUT2D eigenvalue weighted by molar-refractivity contribution is -0.116. The van der Waals surface area contributed by atoms with Gasteiger partial charge in [0.1, 0.15) is 17.4 Å². The van der Waals surface area contributed by atoms with Crippen molar-refractivity contribution in [1.82, 2.24) is 19.2 Å². The molecule has 2 heterocycles. The summed E-state index contributed by atoms with van der Waals surface area (Å²) in [5.74, 6) is 0.439. The Morgan fingerprint density at radius 1 is 1.18 bits per heavy atom. The molecule has 176 valence electrons. The van der Waals surface area contributed by atoms with Gasteiger partial charge in [-0.2, -0.15) is 0 Å². The highest BCUT2D eigenvalue weighted by molar-refractivity contribution is 6.31. The van der Waals surface area contributed by atoms with Crippen molar-refractivity contribution in [1.29, 1.82) is 0 Å². The minimum atomic E-state index is -0.548. The van der Waals surface area contributed by atoms with Gasteiger partial charge in [-0.25, -0.2) is 4.39 Å². The van der Waals surface area contributed by atoms with Crippen LogP contribution in [0.15, 0.2) is 59.7 Å². The number of benzene rings is 2. The van der Waals surface area contributed by atoms with Gasteiger partial charge < -0.3 is 10.1 Å². The number of hydrogen-bond acceptors (Lipinski definition) is 5. The summed E-state index contributed by atoms with van der Waals surface area (Å²) in [6.07, 6.45) is 4.03. The van der Waals surface area contributed by atoms with Crippen LogP contribution in [-0.4, -0.2) is 31.7 Å². The number of aromatic nitrogens is 4. The number of carbonyl (C=O) groups is 1. The maximum absolute atomic E-state index is 13.3. The van der Waals surface area contributed by atoms with Crippen molar-refractivity contribution < 1.29 is 13.9 Å². The highest BCUT2D eigenvalue weighted by atomic mass is 35.5. The molecule has 8 nitrogen and oxygen atoms in total. The average molecular weight is 484 g/mol. The van der Waals surface area contributed by atoms with Crippen molar-refractivity contribution >= 4 is 28.8 Å². The van der Waals surface area contributed by atoms with Crippen molar-refractivity contribution in [3.63, 3.8) is 0 Å². The molecule has 0 spiro atoms. The third-order valence-electron chi connectivity index (χ3n) is 5.24. The number of hydrogen-bond donors (Lipinski definition) is 1. The van der Waals surface area contributed by atoms with Gasteiger partial charge in [0.2, 0.25) is 11.6 Å². The van der Waals surface area contributed by atoms with Gasteiger partial charge in [0.25, 0.3) is 0 Å². The van der Waals surface area contributed by atoms with Gasteiger partial charge in [-0.05, 0) is 55.3 Å². The molecule has 4 aromatic rings. The van der Waals surface area contributed by atoms with Crippen LogP contribution in [0.3, 0.4) is 0 Å². The number of rotatable bonds is 8. The van der Waals surface area contributed by atoms with Gasteiger partial charge in [-0.1, -0.05) is 18.5 Å². The monoisotopic (exact) mass is 483 g/mol.